The van der Waals surface area contributed by atoms with Crippen LogP contribution in [0.2, 0.25) is 0 Å². The highest BCUT2D eigenvalue weighted by molar-refractivity contribution is 6.04. The minimum Gasteiger partial charge on any atom is -0.468 e. The molecule has 1 rings (SSSR count). The van der Waals surface area contributed by atoms with E-state index in [2.05, 4.69) is 10.1 Å². The Morgan fingerprint density at radius 3 is 2.61 bits per heavy atom. The van der Waals surface area contributed by atoms with Crippen molar-refractivity contribution in [3.05, 3.63) is 29.8 Å². The molecule has 0 aliphatic rings. The Balaban J connectivity index is 2.86. The van der Waals surface area contributed by atoms with Crippen molar-refractivity contribution in [2.24, 2.45) is 5.92 Å². The van der Waals surface area contributed by atoms with Gasteiger partial charge in [0, 0.05) is 6.07 Å². The van der Waals surface area contributed by atoms with Crippen molar-refractivity contribution < 1.29 is 23.1 Å². The molecule has 0 saturated heterocycles. The second-order valence-corrected chi connectivity index (χ2v) is 3.60. The van der Waals surface area contributed by atoms with E-state index >= 15 is 0 Å². The first-order chi connectivity index (χ1) is 8.49. The van der Waals surface area contributed by atoms with E-state index in [1.165, 1.54) is 0 Å². The lowest BCUT2D eigenvalue weighted by Crippen LogP contribution is -2.30. The van der Waals surface area contributed by atoms with Gasteiger partial charge in [0.05, 0.1) is 12.8 Å². The standard InChI is InChI=1S/C12H13F2NO3/c1-3-8(12(17)18-2)11(16)15-10-6-7(13)4-5-9(10)14/h4-6,8H,3H2,1-2H3,(H,15,16). The Morgan fingerprint density at radius 2 is 2.06 bits per heavy atom. The molecule has 1 N–H and O–H groups in total. The molecule has 1 amide bonds. The van der Waals surface area contributed by atoms with Crippen LogP contribution in [0.25, 0.3) is 0 Å². The molecule has 0 aromatic heterocycles. The van der Waals surface area contributed by atoms with E-state index in [-0.39, 0.29) is 12.1 Å². The highest BCUT2D eigenvalue weighted by Crippen LogP contribution is 2.17. The molecule has 0 aliphatic carbocycles. The number of carbonyl (C=O) groups is 2. The number of hydrogen-bond acceptors (Lipinski definition) is 3. The highest BCUT2D eigenvalue weighted by Gasteiger charge is 2.26. The van der Waals surface area contributed by atoms with E-state index in [1.807, 2.05) is 0 Å². The fraction of sp³-hybridized carbons (Fsp3) is 0.333. The number of methoxy groups -OCH3 is 1. The largest absolute Gasteiger partial charge is 0.468 e. The molecule has 0 radical (unpaired) electrons. The van der Waals surface area contributed by atoms with Gasteiger partial charge in [0.15, 0.2) is 0 Å². The number of carbonyl (C=O) groups excluding carboxylic acids is 2. The van der Waals surface area contributed by atoms with Gasteiger partial charge in [-0.1, -0.05) is 6.92 Å². The van der Waals surface area contributed by atoms with Crippen molar-refractivity contribution in [1.29, 1.82) is 0 Å². The maximum atomic E-state index is 13.3. The van der Waals surface area contributed by atoms with Gasteiger partial charge in [0.25, 0.3) is 0 Å². The lowest BCUT2D eigenvalue weighted by atomic mass is 10.1. The molecule has 0 aliphatic heterocycles. The van der Waals surface area contributed by atoms with E-state index in [9.17, 15) is 18.4 Å². The summed E-state index contributed by atoms with van der Waals surface area (Å²) in [5, 5.41) is 2.16. The average Bonchev–Trinajstić information content (AvgIpc) is 2.34. The Hall–Kier alpha value is -1.98. The third kappa shape index (κ3) is 3.26. The van der Waals surface area contributed by atoms with E-state index in [1.54, 1.807) is 6.92 Å². The third-order valence-corrected chi connectivity index (χ3v) is 2.40. The van der Waals surface area contributed by atoms with Gasteiger partial charge in [-0.3, -0.25) is 9.59 Å². The van der Waals surface area contributed by atoms with Crippen molar-refractivity contribution in [3.8, 4) is 0 Å². The predicted molar refractivity (Wildman–Crippen MR) is 60.8 cm³/mol. The summed E-state index contributed by atoms with van der Waals surface area (Å²) in [4.78, 5) is 23.0. The van der Waals surface area contributed by atoms with Crippen LogP contribution in [0, 0.1) is 17.6 Å². The number of ether oxygens (including phenoxy) is 1. The number of anilines is 1. The lowest BCUT2D eigenvalue weighted by Gasteiger charge is -2.13. The minimum atomic E-state index is -1.04. The quantitative estimate of drug-likeness (QED) is 0.664. The van der Waals surface area contributed by atoms with E-state index in [4.69, 9.17) is 0 Å². The molecule has 0 saturated carbocycles. The molecule has 1 aromatic rings. The second kappa shape index (κ2) is 6.09. The molecule has 0 bridgehead atoms. The molecule has 1 atom stereocenters. The molecule has 0 fully saturated rings. The fourth-order valence-corrected chi connectivity index (χ4v) is 1.41. The van der Waals surface area contributed by atoms with E-state index < -0.39 is 29.4 Å². The van der Waals surface area contributed by atoms with Crippen molar-refractivity contribution in [2.45, 2.75) is 13.3 Å². The van der Waals surface area contributed by atoms with Crippen LogP contribution < -0.4 is 5.32 Å². The number of amides is 1. The maximum absolute atomic E-state index is 13.3. The molecule has 18 heavy (non-hydrogen) atoms. The second-order valence-electron chi connectivity index (χ2n) is 3.60. The summed E-state index contributed by atoms with van der Waals surface area (Å²) in [5.74, 6) is -3.94. The normalized spacial score (nSPS) is 11.8. The van der Waals surface area contributed by atoms with Crippen molar-refractivity contribution in [2.75, 3.05) is 12.4 Å². The molecule has 4 nitrogen and oxygen atoms in total. The number of hydrogen-bond donors (Lipinski definition) is 1. The molecule has 0 spiro atoms. The smallest absolute Gasteiger partial charge is 0.318 e. The number of benzene rings is 1. The first kappa shape index (κ1) is 14.1. The number of rotatable bonds is 4. The summed E-state index contributed by atoms with van der Waals surface area (Å²) in [6.07, 6.45) is 0.204. The van der Waals surface area contributed by atoms with Crippen LogP contribution >= 0.6 is 0 Å². The Bertz CT molecular complexity index is 463. The lowest BCUT2D eigenvalue weighted by molar-refractivity contribution is -0.148. The van der Waals surface area contributed by atoms with Gasteiger partial charge in [-0.15, -0.1) is 0 Å². The third-order valence-electron chi connectivity index (χ3n) is 2.40. The van der Waals surface area contributed by atoms with Gasteiger partial charge in [0.1, 0.15) is 17.6 Å². The van der Waals surface area contributed by atoms with Gasteiger partial charge in [-0.25, -0.2) is 8.78 Å². The van der Waals surface area contributed by atoms with Crippen LogP contribution in [-0.2, 0) is 14.3 Å². The van der Waals surface area contributed by atoms with Crippen LogP contribution in [0.3, 0.4) is 0 Å². The molecule has 98 valence electrons. The number of nitrogens with one attached hydrogen (secondary N) is 1. The Labute approximate surface area is 103 Å². The van der Waals surface area contributed by atoms with Crippen LogP contribution in [-0.4, -0.2) is 19.0 Å². The van der Waals surface area contributed by atoms with Crippen molar-refractivity contribution >= 4 is 17.6 Å². The Morgan fingerprint density at radius 1 is 1.39 bits per heavy atom. The Kier molecular flexibility index (Phi) is 4.76. The molecular weight excluding hydrogens is 244 g/mol. The van der Waals surface area contributed by atoms with Crippen molar-refractivity contribution in [3.63, 3.8) is 0 Å². The molecule has 1 aromatic carbocycles. The van der Waals surface area contributed by atoms with Gasteiger partial charge in [-0.05, 0) is 18.6 Å². The molecule has 0 heterocycles. The topological polar surface area (TPSA) is 55.4 Å². The van der Waals surface area contributed by atoms with Gasteiger partial charge in [-0.2, -0.15) is 0 Å². The van der Waals surface area contributed by atoms with Gasteiger partial charge >= 0.3 is 5.97 Å². The number of halogens is 2. The van der Waals surface area contributed by atoms with E-state index in [0.29, 0.717) is 0 Å². The monoisotopic (exact) mass is 257 g/mol. The van der Waals surface area contributed by atoms with E-state index in [0.717, 1.165) is 25.3 Å². The maximum Gasteiger partial charge on any atom is 0.318 e. The summed E-state index contributed by atoms with van der Waals surface area (Å²) in [5.41, 5.74) is -0.303. The van der Waals surface area contributed by atoms with Crippen LogP contribution in [0.1, 0.15) is 13.3 Å². The summed E-state index contributed by atoms with van der Waals surface area (Å²) >= 11 is 0. The van der Waals surface area contributed by atoms with Crippen LogP contribution in [0.15, 0.2) is 18.2 Å². The molecule has 6 heteroatoms. The summed E-state index contributed by atoms with van der Waals surface area (Å²) in [6.45, 7) is 1.61. The number of esters is 1. The summed E-state index contributed by atoms with van der Waals surface area (Å²) in [6, 6.07) is 2.67. The van der Waals surface area contributed by atoms with Crippen LogP contribution in [0.5, 0.6) is 0 Å². The van der Waals surface area contributed by atoms with Crippen molar-refractivity contribution in [1.82, 2.24) is 0 Å². The SMILES string of the molecule is CCC(C(=O)Nc1cc(F)ccc1F)C(=O)OC. The zero-order valence-electron chi connectivity index (χ0n) is 10.00. The fourth-order valence-electron chi connectivity index (χ4n) is 1.41. The van der Waals surface area contributed by atoms with Gasteiger partial charge < -0.3 is 10.1 Å². The summed E-state index contributed by atoms with van der Waals surface area (Å²) in [7, 11) is 1.15. The average molecular weight is 257 g/mol. The predicted octanol–water partition coefficient (Wildman–Crippen LogP) is 2.10. The minimum absolute atomic E-state index is 0.204. The summed E-state index contributed by atoms with van der Waals surface area (Å²) < 4.78 is 30.6. The zero-order valence-corrected chi connectivity index (χ0v) is 10.00. The first-order valence-electron chi connectivity index (χ1n) is 5.33. The zero-order chi connectivity index (χ0) is 13.7. The highest BCUT2D eigenvalue weighted by atomic mass is 19.1. The molecular formula is C12H13F2NO3. The van der Waals surface area contributed by atoms with Crippen LogP contribution in [0.4, 0.5) is 14.5 Å². The first-order valence-corrected chi connectivity index (χ1v) is 5.33. The molecule has 1 unspecified atom stereocenters. The van der Waals surface area contributed by atoms with Gasteiger partial charge in [0.2, 0.25) is 5.91 Å².